The first-order valence-corrected chi connectivity index (χ1v) is 8.29. The fraction of sp³-hybridized carbons (Fsp3) is 1.00. The van der Waals surface area contributed by atoms with Gasteiger partial charge in [-0.3, -0.25) is 0 Å². The lowest BCUT2D eigenvalue weighted by atomic mass is 9.85. The van der Waals surface area contributed by atoms with Crippen LogP contribution >= 0.6 is 0 Å². The summed E-state index contributed by atoms with van der Waals surface area (Å²) < 4.78 is 5.80. The lowest BCUT2D eigenvalue weighted by Crippen LogP contribution is -2.52. The standard InChI is InChI=1S/C16H29NO2/c18-12-16(17-15-5-6-15)9-1-2-14(16)8-11-19-10-7-13-3-4-13/h13-15,17-18H,1-12H2. The van der Waals surface area contributed by atoms with E-state index in [9.17, 15) is 5.11 Å². The van der Waals surface area contributed by atoms with Gasteiger partial charge in [-0.05, 0) is 50.4 Å². The molecule has 19 heavy (non-hydrogen) atoms. The van der Waals surface area contributed by atoms with Gasteiger partial charge in [-0.2, -0.15) is 0 Å². The summed E-state index contributed by atoms with van der Waals surface area (Å²) in [5.41, 5.74) is 0.0149. The molecule has 0 radical (unpaired) electrons. The van der Waals surface area contributed by atoms with E-state index in [-0.39, 0.29) is 5.54 Å². The number of rotatable bonds is 9. The van der Waals surface area contributed by atoms with Gasteiger partial charge in [0, 0.05) is 24.8 Å². The van der Waals surface area contributed by atoms with Crippen LogP contribution in [0.25, 0.3) is 0 Å². The monoisotopic (exact) mass is 267 g/mol. The van der Waals surface area contributed by atoms with Crippen LogP contribution in [0.5, 0.6) is 0 Å². The Morgan fingerprint density at radius 3 is 2.53 bits per heavy atom. The predicted molar refractivity (Wildman–Crippen MR) is 76.1 cm³/mol. The van der Waals surface area contributed by atoms with Gasteiger partial charge >= 0.3 is 0 Å². The first-order valence-electron chi connectivity index (χ1n) is 8.29. The highest BCUT2D eigenvalue weighted by atomic mass is 16.5. The van der Waals surface area contributed by atoms with Gasteiger partial charge in [-0.1, -0.05) is 19.3 Å². The molecule has 0 aromatic carbocycles. The Hall–Kier alpha value is -0.120. The molecule has 3 rings (SSSR count). The summed E-state index contributed by atoms with van der Waals surface area (Å²) in [4.78, 5) is 0. The average molecular weight is 267 g/mol. The molecule has 3 aliphatic carbocycles. The van der Waals surface area contributed by atoms with Gasteiger partial charge in [-0.25, -0.2) is 0 Å². The Labute approximate surface area is 117 Å². The van der Waals surface area contributed by atoms with Crippen LogP contribution in [0.2, 0.25) is 0 Å². The molecule has 0 aliphatic heterocycles. The summed E-state index contributed by atoms with van der Waals surface area (Å²) in [6.07, 6.45) is 11.5. The van der Waals surface area contributed by atoms with E-state index < -0.39 is 0 Å². The number of hydrogen-bond acceptors (Lipinski definition) is 3. The largest absolute Gasteiger partial charge is 0.394 e. The van der Waals surface area contributed by atoms with Crippen LogP contribution in [0.1, 0.15) is 57.8 Å². The zero-order valence-corrected chi connectivity index (χ0v) is 12.1. The Morgan fingerprint density at radius 1 is 1.05 bits per heavy atom. The number of aliphatic hydroxyl groups is 1. The summed E-state index contributed by atoms with van der Waals surface area (Å²) in [6, 6.07) is 0.684. The van der Waals surface area contributed by atoms with E-state index in [2.05, 4.69) is 5.32 Å². The highest BCUT2D eigenvalue weighted by Crippen LogP contribution is 2.40. The third-order valence-corrected chi connectivity index (χ3v) is 5.29. The molecule has 2 unspecified atom stereocenters. The SMILES string of the molecule is OCC1(NC2CC2)CCCC1CCOCCC1CC1. The molecule has 3 heteroatoms. The quantitative estimate of drug-likeness (QED) is 0.631. The lowest BCUT2D eigenvalue weighted by molar-refractivity contribution is 0.0757. The number of hydrogen-bond donors (Lipinski definition) is 2. The van der Waals surface area contributed by atoms with Crippen molar-refractivity contribution >= 4 is 0 Å². The number of nitrogens with one attached hydrogen (secondary N) is 1. The first kappa shape index (κ1) is 13.8. The van der Waals surface area contributed by atoms with Crippen LogP contribution in [-0.4, -0.2) is 36.5 Å². The van der Waals surface area contributed by atoms with Crippen molar-refractivity contribution < 1.29 is 9.84 Å². The van der Waals surface area contributed by atoms with Gasteiger partial charge in [0.05, 0.1) is 6.61 Å². The zero-order chi connectivity index (χ0) is 13.1. The van der Waals surface area contributed by atoms with E-state index in [0.717, 1.165) is 32.0 Å². The molecule has 110 valence electrons. The van der Waals surface area contributed by atoms with Gasteiger partial charge < -0.3 is 15.2 Å². The van der Waals surface area contributed by atoms with Crippen molar-refractivity contribution in [2.45, 2.75) is 69.4 Å². The Bertz CT molecular complexity index is 288. The molecule has 0 heterocycles. The molecule has 2 N–H and O–H groups in total. The molecule has 0 aromatic rings. The van der Waals surface area contributed by atoms with E-state index in [4.69, 9.17) is 4.74 Å². The molecular weight excluding hydrogens is 238 g/mol. The maximum Gasteiger partial charge on any atom is 0.0616 e. The lowest BCUT2D eigenvalue weighted by Gasteiger charge is -2.35. The Balaban J connectivity index is 1.39. The van der Waals surface area contributed by atoms with E-state index in [1.807, 2.05) is 0 Å². The summed E-state index contributed by atoms with van der Waals surface area (Å²) >= 11 is 0. The second-order valence-corrected chi connectivity index (χ2v) is 6.96. The van der Waals surface area contributed by atoms with Crippen molar-refractivity contribution in [3.63, 3.8) is 0 Å². The minimum absolute atomic E-state index is 0.0149. The molecular formula is C16H29NO2. The van der Waals surface area contributed by atoms with E-state index in [1.54, 1.807) is 0 Å². The second-order valence-electron chi connectivity index (χ2n) is 6.96. The third kappa shape index (κ3) is 3.71. The second kappa shape index (κ2) is 6.11. The van der Waals surface area contributed by atoms with Crippen molar-refractivity contribution in [1.29, 1.82) is 0 Å². The van der Waals surface area contributed by atoms with Crippen LogP contribution in [0, 0.1) is 11.8 Å². The zero-order valence-electron chi connectivity index (χ0n) is 12.1. The van der Waals surface area contributed by atoms with Crippen molar-refractivity contribution in [2.24, 2.45) is 11.8 Å². The molecule has 2 atom stereocenters. The maximum absolute atomic E-state index is 9.84. The average Bonchev–Trinajstić information content (AvgIpc) is 3.31. The Kier molecular flexibility index (Phi) is 4.45. The van der Waals surface area contributed by atoms with E-state index in [0.29, 0.717) is 18.6 Å². The summed E-state index contributed by atoms with van der Waals surface area (Å²) in [7, 11) is 0. The Morgan fingerprint density at radius 2 is 1.84 bits per heavy atom. The number of aliphatic hydroxyl groups excluding tert-OH is 1. The fourth-order valence-electron chi connectivity index (χ4n) is 3.63. The normalized spacial score (nSPS) is 34.9. The van der Waals surface area contributed by atoms with Crippen LogP contribution in [0.3, 0.4) is 0 Å². The van der Waals surface area contributed by atoms with Gasteiger partial charge in [0.25, 0.3) is 0 Å². The van der Waals surface area contributed by atoms with Crippen LogP contribution in [0.4, 0.5) is 0 Å². The highest BCUT2D eigenvalue weighted by molar-refractivity contribution is 5.02. The summed E-state index contributed by atoms with van der Waals surface area (Å²) in [6.45, 7) is 2.13. The molecule has 3 saturated carbocycles. The molecule has 0 saturated heterocycles. The van der Waals surface area contributed by atoms with Crippen molar-refractivity contribution in [2.75, 3.05) is 19.8 Å². The van der Waals surface area contributed by atoms with Crippen molar-refractivity contribution in [1.82, 2.24) is 5.32 Å². The fourth-order valence-corrected chi connectivity index (χ4v) is 3.63. The van der Waals surface area contributed by atoms with E-state index in [1.165, 1.54) is 44.9 Å². The maximum atomic E-state index is 9.84. The van der Waals surface area contributed by atoms with Crippen LogP contribution in [-0.2, 0) is 4.74 Å². The summed E-state index contributed by atoms with van der Waals surface area (Å²) in [5.74, 6) is 1.58. The molecule has 0 spiro atoms. The molecule has 0 amide bonds. The van der Waals surface area contributed by atoms with Crippen molar-refractivity contribution in [3.05, 3.63) is 0 Å². The van der Waals surface area contributed by atoms with Gasteiger partial charge in [0.15, 0.2) is 0 Å². The van der Waals surface area contributed by atoms with Crippen molar-refractivity contribution in [3.8, 4) is 0 Å². The molecule has 3 nitrogen and oxygen atoms in total. The van der Waals surface area contributed by atoms with E-state index >= 15 is 0 Å². The first-order chi connectivity index (χ1) is 9.32. The third-order valence-electron chi connectivity index (χ3n) is 5.29. The summed E-state index contributed by atoms with van der Waals surface area (Å²) in [5, 5.41) is 13.6. The molecule has 3 fully saturated rings. The van der Waals surface area contributed by atoms with Gasteiger partial charge in [-0.15, -0.1) is 0 Å². The van der Waals surface area contributed by atoms with Crippen LogP contribution < -0.4 is 5.32 Å². The molecule has 3 aliphatic rings. The minimum atomic E-state index is 0.0149. The number of ether oxygens (including phenoxy) is 1. The molecule has 0 aromatic heterocycles. The minimum Gasteiger partial charge on any atom is -0.394 e. The van der Waals surface area contributed by atoms with Crippen LogP contribution in [0.15, 0.2) is 0 Å². The molecule has 0 bridgehead atoms. The predicted octanol–water partition coefficient (Wildman–Crippen LogP) is 2.48. The topological polar surface area (TPSA) is 41.5 Å². The highest BCUT2D eigenvalue weighted by Gasteiger charge is 2.44. The van der Waals surface area contributed by atoms with Gasteiger partial charge in [0.2, 0.25) is 0 Å². The van der Waals surface area contributed by atoms with Gasteiger partial charge in [0.1, 0.15) is 0 Å². The smallest absolute Gasteiger partial charge is 0.0616 e.